The van der Waals surface area contributed by atoms with Crippen LogP contribution in [-0.4, -0.2) is 5.78 Å². The van der Waals surface area contributed by atoms with E-state index in [2.05, 4.69) is 6.07 Å². The number of Topliss-reactive ketones (excluding diaryl/α,β-unsaturated/α-hetero) is 1. The summed E-state index contributed by atoms with van der Waals surface area (Å²) in [4.78, 5) is 12.2. The van der Waals surface area contributed by atoms with Crippen molar-refractivity contribution in [2.45, 2.75) is 12.3 Å². The number of carbonyl (C=O) groups is 1. The topological polar surface area (TPSA) is 40.9 Å². The van der Waals surface area contributed by atoms with Gasteiger partial charge in [-0.2, -0.15) is 5.26 Å². The van der Waals surface area contributed by atoms with Crippen LogP contribution in [0.4, 0.5) is 0 Å². The molecule has 0 fully saturated rings. The van der Waals surface area contributed by atoms with Crippen molar-refractivity contribution in [1.82, 2.24) is 0 Å². The summed E-state index contributed by atoms with van der Waals surface area (Å²) in [5.74, 6) is -0.784. The lowest BCUT2D eigenvalue weighted by molar-refractivity contribution is 0.0979. The fourth-order valence-electron chi connectivity index (χ4n) is 1.95. The molecule has 0 aliphatic carbocycles. The highest BCUT2D eigenvalue weighted by atomic mass is 35.5. The second-order valence-corrected chi connectivity index (χ2v) is 5.68. The average Bonchev–Trinajstić information content (AvgIpc) is 2.48. The predicted octanol–water partition coefficient (Wildman–Crippen LogP) is 5.53. The lowest BCUT2D eigenvalue weighted by Gasteiger charge is -2.11. The molecule has 0 aromatic heterocycles. The molecule has 2 nitrogen and oxygen atoms in total. The molecule has 1 unspecified atom stereocenters. The molecule has 0 saturated heterocycles. The summed E-state index contributed by atoms with van der Waals surface area (Å²) in [7, 11) is 0. The summed E-state index contributed by atoms with van der Waals surface area (Å²) in [6.45, 7) is 0. The standard InChI is InChI=1S/C16H10Cl3NO/c17-12-6-4-10(5-7-12)15(21)8-11(9-20)13-2-1-3-14(18)16(13)19/h1-7,11H,8H2. The first kappa shape index (κ1) is 15.9. The van der Waals surface area contributed by atoms with Crippen LogP contribution in [0.5, 0.6) is 0 Å². The molecule has 0 heterocycles. The van der Waals surface area contributed by atoms with Crippen LogP contribution in [0.15, 0.2) is 42.5 Å². The van der Waals surface area contributed by atoms with Crippen molar-refractivity contribution >= 4 is 40.6 Å². The van der Waals surface area contributed by atoms with E-state index in [4.69, 9.17) is 34.8 Å². The van der Waals surface area contributed by atoms with Gasteiger partial charge in [-0.05, 0) is 35.9 Å². The van der Waals surface area contributed by atoms with E-state index in [0.29, 0.717) is 26.2 Å². The Morgan fingerprint density at radius 1 is 1.10 bits per heavy atom. The Bertz CT molecular complexity index is 704. The molecule has 0 bridgehead atoms. The van der Waals surface area contributed by atoms with Crippen molar-refractivity contribution in [2.24, 2.45) is 0 Å². The summed E-state index contributed by atoms with van der Waals surface area (Å²) in [6.07, 6.45) is 0.0399. The van der Waals surface area contributed by atoms with Crippen molar-refractivity contribution < 1.29 is 4.79 Å². The number of hydrogen-bond donors (Lipinski definition) is 0. The third kappa shape index (κ3) is 3.77. The van der Waals surface area contributed by atoms with Gasteiger partial charge in [0.15, 0.2) is 5.78 Å². The maximum absolute atomic E-state index is 12.2. The molecule has 0 aliphatic rings. The van der Waals surface area contributed by atoms with Crippen LogP contribution < -0.4 is 0 Å². The van der Waals surface area contributed by atoms with Crippen molar-refractivity contribution in [3.05, 3.63) is 68.7 Å². The normalized spacial score (nSPS) is 11.7. The van der Waals surface area contributed by atoms with Gasteiger partial charge >= 0.3 is 0 Å². The highest BCUT2D eigenvalue weighted by Crippen LogP contribution is 2.33. The van der Waals surface area contributed by atoms with Gasteiger partial charge in [-0.3, -0.25) is 4.79 Å². The zero-order valence-corrected chi connectivity index (χ0v) is 13.1. The molecule has 0 radical (unpaired) electrons. The van der Waals surface area contributed by atoms with Gasteiger partial charge in [-0.15, -0.1) is 0 Å². The molecule has 21 heavy (non-hydrogen) atoms. The van der Waals surface area contributed by atoms with E-state index in [1.165, 1.54) is 0 Å². The minimum absolute atomic E-state index is 0.0399. The summed E-state index contributed by atoms with van der Waals surface area (Å²) in [5, 5.41) is 10.5. The fourth-order valence-corrected chi connectivity index (χ4v) is 2.52. The van der Waals surface area contributed by atoms with E-state index in [9.17, 15) is 10.1 Å². The molecular formula is C16H10Cl3NO. The molecule has 106 valence electrons. The van der Waals surface area contributed by atoms with Crippen molar-refractivity contribution in [2.75, 3.05) is 0 Å². The Morgan fingerprint density at radius 2 is 1.76 bits per heavy atom. The average molecular weight is 339 g/mol. The van der Waals surface area contributed by atoms with Crippen LogP contribution in [0.2, 0.25) is 15.1 Å². The SMILES string of the molecule is N#CC(CC(=O)c1ccc(Cl)cc1)c1cccc(Cl)c1Cl. The smallest absolute Gasteiger partial charge is 0.164 e. The molecule has 0 saturated carbocycles. The maximum Gasteiger partial charge on any atom is 0.164 e. The molecule has 0 N–H and O–H groups in total. The second-order valence-electron chi connectivity index (χ2n) is 4.46. The first-order valence-corrected chi connectivity index (χ1v) is 7.28. The van der Waals surface area contributed by atoms with Gasteiger partial charge in [0.05, 0.1) is 22.0 Å². The van der Waals surface area contributed by atoms with E-state index in [-0.39, 0.29) is 12.2 Å². The van der Waals surface area contributed by atoms with Gasteiger partial charge in [0, 0.05) is 17.0 Å². The third-order valence-corrected chi connectivity index (χ3v) is 4.15. The van der Waals surface area contributed by atoms with Crippen molar-refractivity contribution in [3.8, 4) is 6.07 Å². The Hall–Kier alpha value is -1.53. The van der Waals surface area contributed by atoms with Gasteiger partial charge in [0.2, 0.25) is 0 Å². The molecule has 0 aliphatic heterocycles. The molecule has 2 rings (SSSR count). The Kier molecular flexibility index (Phi) is 5.25. The molecule has 0 amide bonds. The van der Waals surface area contributed by atoms with Crippen molar-refractivity contribution in [1.29, 1.82) is 5.26 Å². The van der Waals surface area contributed by atoms with Crippen LogP contribution in [0, 0.1) is 11.3 Å². The minimum atomic E-state index is -0.639. The highest BCUT2D eigenvalue weighted by molar-refractivity contribution is 6.42. The van der Waals surface area contributed by atoms with Gasteiger partial charge in [0.1, 0.15) is 0 Å². The number of benzene rings is 2. The zero-order valence-electron chi connectivity index (χ0n) is 10.8. The van der Waals surface area contributed by atoms with Gasteiger partial charge < -0.3 is 0 Å². The Morgan fingerprint density at radius 3 is 2.38 bits per heavy atom. The van der Waals surface area contributed by atoms with Crippen LogP contribution >= 0.6 is 34.8 Å². The number of carbonyl (C=O) groups excluding carboxylic acids is 1. The lowest BCUT2D eigenvalue weighted by Crippen LogP contribution is -2.07. The zero-order chi connectivity index (χ0) is 15.4. The number of nitriles is 1. The molecule has 2 aromatic carbocycles. The van der Waals surface area contributed by atoms with Crippen LogP contribution in [0.1, 0.15) is 28.3 Å². The quantitative estimate of drug-likeness (QED) is 0.688. The fraction of sp³-hybridized carbons (Fsp3) is 0.125. The van der Waals surface area contributed by atoms with E-state index >= 15 is 0 Å². The number of halogens is 3. The largest absolute Gasteiger partial charge is 0.294 e. The highest BCUT2D eigenvalue weighted by Gasteiger charge is 2.20. The van der Waals surface area contributed by atoms with Gasteiger partial charge in [-0.25, -0.2) is 0 Å². The summed E-state index contributed by atoms with van der Waals surface area (Å²) >= 11 is 17.8. The molecule has 2 aromatic rings. The second kappa shape index (κ2) is 6.95. The summed E-state index contributed by atoms with van der Waals surface area (Å²) in [6, 6.07) is 13.7. The summed E-state index contributed by atoms with van der Waals surface area (Å²) in [5.41, 5.74) is 1.08. The molecule has 1 atom stereocenters. The molecule has 0 spiro atoms. The first-order valence-electron chi connectivity index (χ1n) is 6.15. The number of ketones is 1. The van der Waals surface area contributed by atoms with E-state index in [1.54, 1.807) is 42.5 Å². The third-order valence-electron chi connectivity index (χ3n) is 3.07. The molecular weight excluding hydrogens is 329 g/mol. The van der Waals surface area contributed by atoms with Crippen LogP contribution in [-0.2, 0) is 0 Å². The van der Waals surface area contributed by atoms with Crippen molar-refractivity contribution in [3.63, 3.8) is 0 Å². The van der Waals surface area contributed by atoms with E-state index < -0.39 is 5.92 Å². The Balaban J connectivity index is 2.23. The summed E-state index contributed by atoms with van der Waals surface area (Å²) < 4.78 is 0. The van der Waals surface area contributed by atoms with Crippen LogP contribution in [0.25, 0.3) is 0 Å². The van der Waals surface area contributed by atoms with Gasteiger partial charge in [-0.1, -0.05) is 46.9 Å². The first-order chi connectivity index (χ1) is 10.0. The van der Waals surface area contributed by atoms with E-state index in [1.807, 2.05) is 0 Å². The van der Waals surface area contributed by atoms with Crippen LogP contribution in [0.3, 0.4) is 0 Å². The Labute approximate surface area is 137 Å². The minimum Gasteiger partial charge on any atom is -0.294 e. The molecule has 5 heteroatoms. The maximum atomic E-state index is 12.2. The number of nitrogens with zero attached hydrogens (tertiary/aromatic N) is 1. The van der Waals surface area contributed by atoms with E-state index in [0.717, 1.165) is 0 Å². The predicted molar refractivity (Wildman–Crippen MR) is 85.2 cm³/mol. The number of hydrogen-bond acceptors (Lipinski definition) is 2. The number of rotatable bonds is 4. The van der Waals surface area contributed by atoms with Gasteiger partial charge in [0.25, 0.3) is 0 Å². The monoisotopic (exact) mass is 337 g/mol. The lowest BCUT2D eigenvalue weighted by atomic mass is 9.93.